The van der Waals surface area contributed by atoms with Gasteiger partial charge in [0.05, 0.1) is 19.8 Å². The minimum atomic E-state index is -4.29. The molecule has 0 amide bonds. The third kappa shape index (κ3) is 8.23. The second-order valence-corrected chi connectivity index (χ2v) is 7.54. The molecule has 2 aromatic rings. The average Bonchev–Trinajstić information content (AvgIpc) is 2.80. The number of carbonyl (C=O) groups is 2. The van der Waals surface area contributed by atoms with Gasteiger partial charge in [-0.25, -0.2) is 9.59 Å². The van der Waals surface area contributed by atoms with E-state index in [1.165, 1.54) is 0 Å². The highest BCUT2D eigenvalue weighted by Gasteiger charge is 2.30. The first-order valence-corrected chi connectivity index (χ1v) is 10.3. The van der Waals surface area contributed by atoms with E-state index in [4.69, 9.17) is 29.3 Å². The van der Waals surface area contributed by atoms with Crippen molar-refractivity contribution in [2.45, 2.75) is 19.3 Å². The van der Waals surface area contributed by atoms with Gasteiger partial charge in [-0.05, 0) is 35.9 Å². The summed E-state index contributed by atoms with van der Waals surface area (Å²) in [7, 11) is 3.30. The zero-order valence-electron chi connectivity index (χ0n) is 18.8. The Morgan fingerprint density at radius 2 is 1.38 bits per heavy atom. The molecule has 34 heavy (non-hydrogen) atoms. The van der Waals surface area contributed by atoms with Crippen molar-refractivity contribution in [1.29, 1.82) is 0 Å². The first kappa shape index (κ1) is 26.9. The molecule has 0 aliphatic carbocycles. The minimum absolute atomic E-state index is 0.603. The van der Waals surface area contributed by atoms with E-state index in [1.54, 1.807) is 26.4 Å². The second-order valence-electron chi connectivity index (χ2n) is 7.54. The van der Waals surface area contributed by atoms with Crippen LogP contribution in [0.5, 0.6) is 11.5 Å². The zero-order valence-corrected chi connectivity index (χ0v) is 18.8. The maximum atomic E-state index is 12.7. The lowest BCUT2D eigenvalue weighted by Crippen LogP contribution is -2.45. The summed E-state index contributed by atoms with van der Waals surface area (Å²) in [6, 6.07) is 11.2. The van der Waals surface area contributed by atoms with Crippen molar-refractivity contribution < 1.29 is 42.4 Å². The molecule has 2 N–H and O–H groups in total. The molecule has 0 radical (unpaired) electrons. The van der Waals surface area contributed by atoms with E-state index in [0.29, 0.717) is 6.54 Å². The smallest absolute Gasteiger partial charge is 0.416 e. The summed E-state index contributed by atoms with van der Waals surface area (Å²) in [5, 5.41) is 14.8. The summed E-state index contributed by atoms with van der Waals surface area (Å²) in [5.74, 6) is -2.00. The molecule has 8 nitrogen and oxygen atoms in total. The Labute approximate surface area is 195 Å². The molecule has 3 rings (SSSR count). The largest absolute Gasteiger partial charge is 0.497 e. The average molecular weight is 484 g/mol. The number of aliphatic carboxylic acids is 2. The third-order valence-electron chi connectivity index (χ3n) is 5.22. The van der Waals surface area contributed by atoms with Crippen LogP contribution in [-0.4, -0.2) is 72.4 Å². The van der Waals surface area contributed by atoms with Crippen molar-refractivity contribution in [3.05, 3.63) is 59.2 Å². The Morgan fingerprint density at radius 3 is 1.82 bits per heavy atom. The Hall–Kier alpha value is -3.31. The maximum absolute atomic E-state index is 12.7. The molecule has 0 bridgehead atoms. The van der Waals surface area contributed by atoms with Crippen molar-refractivity contribution in [2.24, 2.45) is 0 Å². The van der Waals surface area contributed by atoms with Crippen LogP contribution in [0.1, 0.15) is 16.7 Å². The van der Waals surface area contributed by atoms with E-state index >= 15 is 0 Å². The quantitative estimate of drug-likeness (QED) is 0.604. The molecule has 1 fully saturated rings. The summed E-state index contributed by atoms with van der Waals surface area (Å²) >= 11 is 0. The van der Waals surface area contributed by atoms with Gasteiger partial charge in [0, 0.05) is 44.8 Å². The van der Waals surface area contributed by atoms with E-state index < -0.39 is 23.7 Å². The number of carboxylic acid groups (broad SMARTS) is 2. The Morgan fingerprint density at radius 1 is 0.853 bits per heavy atom. The Kier molecular flexibility index (Phi) is 9.69. The fraction of sp³-hybridized carbons (Fsp3) is 0.391. The molecule has 1 aliphatic heterocycles. The predicted molar refractivity (Wildman–Crippen MR) is 117 cm³/mol. The predicted octanol–water partition coefficient (Wildman–Crippen LogP) is 3.20. The molecule has 1 saturated heterocycles. The van der Waals surface area contributed by atoms with Crippen molar-refractivity contribution in [3.63, 3.8) is 0 Å². The van der Waals surface area contributed by atoms with E-state index in [2.05, 4.69) is 9.80 Å². The van der Waals surface area contributed by atoms with Crippen LogP contribution in [0.25, 0.3) is 0 Å². The standard InChI is InChI=1S/C21H25F3N2O2.C2H2O4/c1-27-19-7-8-20(28-2)17(13-19)15-26-11-9-25(10-12-26)14-16-3-5-18(6-4-16)21(22,23)24;3-1(4)2(5)6/h3-8,13H,9-12,14-15H2,1-2H3;(H,3,4)(H,5,6). The van der Waals surface area contributed by atoms with Gasteiger partial charge in [-0.1, -0.05) is 12.1 Å². The van der Waals surface area contributed by atoms with Gasteiger partial charge in [0.2, 0.25) is 0 Å². The Balaban J connectivity index is 0.000000604. The third-order valence-corrected chi connectivity index (χ3v) is 5.22. The van der Waals surface area contributed by atoms with E-state index in [1.807, 2.05) is 18.2 Å². The number of carboxylic acids is 2. The highest BCUT2D eigenvalue weighted by atomic mass is 19.4. The van der Waals surface area contributed by atoms with Gasteiger partial charge in [0.15, 0.2) is 0 Å². The van der Waals surface area contributed by atoms with Crippen molar-refractivity contribution in [2.75, 3.05) is 40.4 Å². The second kappa shape index (κ2) is 12.2. The summed E-state index contributed by atoms with van der Waals surface area (Å²) in [6.07, 6.45) is -4.29. The normalized spacial score (nSPS) is 14.6. The molecule has 1 aliphatic rings. The molecule has 0 aromatic heterocycles. The van der Waals surface area contributed by atoms with Crippen LogP contribution in [0.3, 0.4) is 0 Å². The Bertz CT molecular complexity index is 946. The molecule has 0 spiro atoms. The summed E-state index contributed by atoms with van der Waals surface area (Å²) < 4.78 is 48.8. The van der Waals surface area contributed by atoms with Gasteiger partial charge in [-0.15, -0.1) is 0 Å². The van der Waals surface area contributed by atoms with Gasteiger partial charge >= 0.3 is 18.1 Å². The number of hydrogen-bond donors (Lipinski definition) is 2. The van der Waals surface area contributed by atoms with E-state index in [-0.39, 0.29) is 0 Å². The lowest BCUT2D eigenvalue weighted by atomic mass is 10.1. The van der Waals surface area contributed by atoms with Crippen LogP contribution in [0.15, 0.2) is 42.5 Å². The highest BCUT2D eigenvalue weighted by Crippen LogP contribution is 2.29. The highest BCUT2D eigenvalue weighted by molar-refractivity contribution is 6.27. The number of rotatable bonds is 6. The number of methoxy groups -OCH3 is 2. The molecule has 0 atom stereocenters. The topological polar surface area (TPSA) is 99.5 Å². The van der Waals surface area contributed by atoms with E-state index in [9.17, 15) is 13.2 Å². The molecule has 0 saturated carbocycles. The van der Waals surface area contributed by atoms with E-state index in [0.717, 1.165) is 67.5 Å². The number of benzene rings is 2. The van der Waals surface area contributed by atoms with Crippen molar-refractivity contribution in [1.82, 2.24) is 9.80 Å². The van der Waals surface area contributed by atoms with Crippen molar-refractivity contribution >= 4 is 11.9 Å². The molecule has 186 valence electrons. The molecule has 2 aromatic carbocycles. The van der Waals surface area contributed by atoms with Crippen LogP contribution in [0.4, 0.5) is 13.2 Å². The number of hydrogen-bond acceptors (Lipinski definition) is 6. The molecule has 11 heteroatoms. The SMILES string of the molecule is COc1ccc(OC)c(CN2CCN(Cc3ccc(C(F)(F)F)cc3)CC2)c1.O=C(O)C(=O)O. The van der Waals surface area contributed by atoms with Crippen LogP contribution in [0, 0.1) is 0 Å². The number of nitrogens with zero attached hydrogens (tertiary/aromatic N) is 2. The fourth-order valence-electron chi connectivity index (χ4n) is 3.41. The lowest BCUT2D eigenvalue weighted by molar-refractivity contribution is -0.159. The van der Waals surface area contributed by atoms with Crippen LogP contribution < -0.4 is 9.47 Å². The summed E-state index contributed by atoms with van der Waals surface area (Å²) in [6.45, 7) is 4.95. The zero-order chi connectivity index (χ0) is 25.3. The van der Waals surface area contributed by atoms with Gasteiger partial charge in [-0.3, -0.25) is 9.80 Å². The minimum Gasteiger partial charge on any atom is -0.497 e. The summed E-state index contributed by atoms with van der Waals surface area (Å²) in [4.78, 5) is 22.8. The van der Waals surface area contributed by atoms with Crippen molar-refractivity contribution in [3.8, 4) is 11.5 Å². The fourth-order valence-corrected chi connectivity index (χ4v) is 3.41. The lowest BCUT2D eigenvalue weighted by Gasteiger charge is -2.35. The maximum Gasteiger partial charge on any atom is 0.416 e. The molecule has 1 heterocycles. The van der Waals surface area contributed by atoms with Crippen LogP contribution in [0.2, 0.25) is 0 Å². The number of piperazine rings is 1. The summed E-state index contributed by atoms with van der Waals surface area (Å²) in [5.41, 5.74) is 1.38. The van der Waals surface area contributed by atoms with Gasteiger partial charge in [0.1, 0.15) is 11.5 Å². The van der Waals surface area contributed by atoms with Gasteiger partial charge < -0.3 is 19.7 Å². The van der Waals surface area contributed by atoms with Gasteiger partial charge in [-0.2, -0.15) is 13.2 Å². The molecule has 0 unspecified atom stereocenters. The first-order chi connectivity index (χ1) is 16.0. The number of halogens is 3. The molecular weight excluding hydrogens is 457 g/mol. The van der Waals surface area contributed by atoms with Crippen LogP contribution >= 0.6 is 0 Å². The van der Waals surface area contributed by atoms with Crippen LogP contribution in [-0.2, 0) is 28.9 Å². The van der Waals surface area contributed by atoms with Gasteiger partial charge in [0.25, 0.3) is 0 Å². The number of ether oxygens (including phenoxy) is 2. The molecular formula is C23H27F3N2O6. The monoisotopic (exact) mass is 484 g/mol. The first-order valence-electron chi connectivity index (χ1n) is 10.3. The number of alkyl halides is 3.